The Morgan fingerprint density at radius 1 is 1.44 bits per heavy atom. The molecule has 0 aromatic carbocycles. The average Bonchev–Trinajstić information content (AvgIpc) is 3.02. The van der Waals surface area contributed by atoms with Crippen molar-refractivity contribution in [2.45, 2.75) is 19.3 Å². The van der Waals surface area contributed by atoms with Crippen LogP contribution in [0.15, 0.2) is 12.4 Å². The van der Waals surface area contributed by atoms with E-state index in [4.69, 9.17) is 15.2 Å². The number of hydrogen-bond donors (Lipinski definition) is 1. The van der Waals surface area contributed by atoms with Crippen LogP contribution in [0.1, 0.15) is 16.8 Å². The summed E-state index contributed by atoms with van der Waals surface area (Å²) in [5.41, 5.74) is 5.51. The highest BCUT2D eigenvalue weighted by atomic mass is 32.1. The van der Waals surface area contributed by atoms with Gasteiger partial charge in [0.1, 0.15) is 0 Å². The molecule has 2 aromatic heterocycles. The minimum Gasteiger partial charge on any atom is -0.381 e. The van der Waals surface area contributed by atoms with Gasteiger partial charge in [0.15, 0.2) is 10.8 Å². The van der Waals surface area contributed by atoms with Gasteiger partial charge in [0.2, 0.25) is 5.79 Å². The van der Waals surface area contributed by atoms with Crippen LogP contribution in [0.25, 0.3) is 0 Å². The monoisotopic (exact) mass is 267 g/mol. The quantitative estimate of drug-likeness (QED) is 0.875. The van der Waals surface area contributed by atoms with Crippen LogP contribution in [-0.4, -0.2) is 33.2 Å². The molecule has 1 saturated heterocycles. The summed E-state index contributed by atoms with van der Waals surface area (Å²) in [7, 11) is 0. The second-order valence-corrected chi connectivity index (χ2v) is 5.19. The lowest BCUT2D eigenvalue weighted by atomic mass is 10.3. The summed E-state index contributed by atoms with van der Waals surface area (Å²) >= 11 is 1.53. The van der Waals surface area contributed by atoms with E-state index in [2.05, 4.69) is 15.2 Å². The summed E-state index contributed by atoms with van der Waals surface area (Å²) in [6.07, 6.45) is 3.31. The van der Waals surface area contributed by atoms with Gasteiger partial charge in [-0.15, -0.1) is 16.4 Å². The van der Waals surface area contributed by atoms with Crippen molar-refractivity contribution in [3.8, 4) is 0 Å². The fourth-order valence-corrected chi connectivity index (χ4v) is 2.70. The Bertz CT molecular complexity index is 546. The summed E-state index contributed by atoms with van der Waals surface area (Å²) in [5, 5.41) is 8.88. The maximum Gasteiger partial charge on any atom is 0.219 e. The topological polar surface area (TPSA) is 88.1 Å². The average molecular weight is 267 g/mol. The molecule has 0 aliphatic carbocycles. The van der Waals surface area contributed by atoms with Crippen molar-refractivity contribution in [1.82, 2.24) is 20.0 Å². The van der Waals surface area contributed by atoms with Crippen LogP contribution in [0.5, 0.6) is 0 Å². The van der Waals surface area contributed by atoms with Crippen molar-refractivity contribution in [3.05, 3.63) is 22.3 Å². The summed E-state index contributed by atoms with van der Waals surface area (Å²) in [4.78, 5) is 6.90. The number of anilines is 1. The molecule has 7 nitrogen and oxygen atoms in total. The van der Waals surface area contributed by atoms with Crippen LogP contribution < -0.4 is 5.73 Å². The smallest absolute Gasteiger partial charge is 0.219 e. The molecule has 0 amide bonds. The Morgan fingerprint density at radius 3 is 2.89 bits per heavy atom. The van der Waals surface area contributed by atoms with Crippen molar-refractivity contribution >= 4 is 17.2 Å². The van der Waals surface area contributed by atoms with E-state index in [0.717, 1.165) is 9.88 Å². The van der Waals surface area contributed by atoms with Gasteiger partial charge in [-0.1, -0.05) is 0 Å². The van der Waals surface area contributed by atoms with Crippen LogP contribution in [0.2, 0.25) is 0 Å². The first-order valence-electron chi connectivity index (χ1n) is 5.54. The van der Waals surface area contributed by atoms with Gasteiger partial charge in [-0.2, -0.15) is 9.90 Å². The van der Waals surface area contributed by atoms with Gasteiger partial charge in [-0.25, -0.2) is 4.98 Å². The SMILES string of the molecule is CC1(c2ncc(Cn3ncc(N)n3)s2)OCCO1. The predicted octanol–water partition coefficient (Wildman–Crippen LogP) is 0.585. The molecular formula is C10H13N5O2S. The molecule has 0 spiro atoms. The Kier molecular flexibility index (Phi) is 2.77. The first-order chi connectivity index (χ1) is 8.66. The number of hydrogen-bond acceptors (Lipinski definition) is 7. The zero-order chi connectivity index (χ0) is 12.6. The van der Waals surface area contributed by atoms with Gasteiger partial charge in [0, 0.05) is 11.1 Å². The first-order valence-corrected chi connectivity index (χ1v) is 6.36. The van der Waals surface area contributed by atoms with E-state index in [1.54, 1.807) is 6.20 Å². The van der Waals surface area contributed by atoms with Crippen LogP contribution in [0.3, 0.4) is 0 Å². The van der Waals surface area contributed by atoms with Crippen LogP contribution in [-0.2, 0) is 21.8 Å². The molecule has 3 rings (SSSR count). The largest absolute Gasteiger partial charge is 0.381 e. The molecule has 2 N–H and O–H groups in total. The molecule has 0 saturated carbocycles. The third kappa shape index (κ3) is 2.09. The minimum absolute atomic E-state index is 0.411. The second-order valence-electron chi connectivity index (χ2n) is 4.07. The molecule has 1 aliphatic heterocycles. The molecular weight excluding hydrogens is 254 g/mol. The molecule has 2 aromatic rings. The molecule has 0 radical (unpaired) electrons. The standard InChI is InChI=1S/C10H13N5O2S/c1-10(16-2-3-17-10)9-12-4-7(18-9)6-15-13-5-8(11)14-15/h4-5H,2-3,6H2,1H3,(H2,11,14). The highest BCUT2D eigenvalue weighted by molar-refractivity contribution is 7.11. The molecule has 3 heterocycles. The van der Waals surface area contributed by atoms with Crippen molar-refractivity contribution < 1.29 is 9.47 Å². The lowest BCUT2D eigenvalue weighted by Gasteiger charge is -2.18. The van der Waals surface area contributed by atoms with E-state index < -0.39 is 5.79 Å². The number of ether oxygens (including phenoxy) is 2. The molecule has 1 aliphatic rings. The van der Waals surface area contributed by atoms with Crippen LogP contribution in [0, 0.1) is 0 Å². The van der Waals surface area contributed by atoms with E-state index in [9.17, 15) is 0 Å². The summed E-state index contributed by atoms with van der Waals surface area (Å²) < 4.78 is 11.1. The van der Waals surface area contributed by atoms with E-state index in [1.807, 2.05) is 6.92 Å². The Labute approximate surface area is 108 Å². The lowest BCUT2D eigenvalue weighted by molar-refractivity contribution is -0.149. The molecule has 0 bridgehead atoms. The highest BCUT2D eigenvalue weighted by Gasteiger charge is 2.36. The van der Waals surface area contributed by atoms with Crippen LogP contribution in [0.4, 0.5) is 5.82 Å². The third-order valence-corrected chi connectivity index (χ3v) is 3.80. The fourth-order valence-electron chi connectivity index (χ4n) is 1.75. The molecule has 1 fully saturated rings. The third-order valence-electron chi connectivity index (χ3n) is 2.63. The number of thiazole rings is 1. The molecule has 0 unspecified atom stereocenters. The van der Waals surface area contributed by atoms with Gasteiger partial charge < -0.3 is 15.2 Å². The number of nitrogen functional groups attached to an aromatic ring is 1. The van der Waals surface area contributed by atoms with Crippen molar-refractivity contribution in [2.24, 2.45) is 0 Å². The number of rotatable bonds is 3. The van der Waals surface area contributed by atoms with E-state index in [0.29, 0.717) is 25.6 Å². The van der Waals surface area contributed by atoms with Crippen LogP contribution >= 0.6 is 11.3 Å². The summed E-state index contributed by atoms with van der Waals surface area (Å²) in [6, 6.07) is 0. The van der Waals surface area contributed by atoms with E-state index >= 15 is 0 Å². The Hall–Kier alpha value is -1.51. The normalized spacial score (nSPS) is 18.3. The minimum atomic E-state index is -0.709. The Balaban J connectivity index is 1.77. The van der Waals surface area contributed by atoms with E-state index in [-0.39, 0.29) is 0 Å². The molecule has 8 heteroatoms. The zero-order valence-electron chi connectivity index (χ0n) is 9.87. The maximum atomic E-state index is 5.56. The number of nitrogens with two attached hydrogens (primary N) is 1. The first kappa shape index (κ1) is 11.6. The zero-order valence-corrected chi connectivity index (χ0v) is 10.7. The van der Waals surface area contributed by atoms with Gasteiger partial charge in [-0.3, -0.25) is 0 Å². The lowest BCUT2D eigenvalue weighted by Crippen LogP contribution is -2.21. The fraction of sp³-hybridized carbons (Fsp3) is 0.500. The van der Waals surface area contributed by atoms with Crippen molar-refractivity contribution in [1.29, 1.82) is 0 Å². The van der Waals surface area contributed by atoms with Gasteiger partial charge >= 0.3 is 0 Å². The molecule has 96 valence electrons. The number of nitrogens with zero attached hydrogens (tertiary/aromatic N) is 4. The number of aromatic nitrogens is 4. The second kappa shape index (κ2) is 4.30. The van der Waals surface area contributed by atoms with Crippen molar-refractivity contribution in [2.75, 3.05) is 18.9 Å². The van der Waals surface area contributed by atoms with Gasteiger partial charge in [0.05, 0.1) is 26.0 Å². The maximum absolute atomic E-state index is 5.56. The summed E-state index contributed by atoms with van der Waals surface area (Å²) in [5.74, 6) is -0.298. The predicted molar refractivity (Wildman–Crippen MR) is 64.9 cm³/mol. The molecule has 18 heavy (non-hydrogen) atoms. The Morgan fingerprint density at radius 2 is 2.22 bits per heavy atom. The van der Waals surface area contributed by atoms with E-state index in [1.165, 1.54) is 22.3 Å². The molecule has 0 atom stereocenters. The summed E-state index contributed by atoms with van der Waals surface area (Å²) in [6.45, 7) is 3.63. The highest BCUT2D eigenvalue weighted by Crippen LogP contribution is 2.33. The van der Waals surface area contributed by atoms with Crippen molar-refractivity contribution in [3.63, 3.8) is 0 Å². The van der Waals surface area contributed by atoms with Gasteiger partial charge in [0.25, 0.3) is 0 Å². The van der Waals surface area contributed by atoms with Gasteiger partial charge in [-0.05, 0) is 6.92 Å².